The molecule has 0 bridgehead atoms. The van der Waals surface area contributed by atoms with E-state index < -0.39 is 12.0 Å². The smallest absolute Gasteiger partial charge is 0.312 e. The first-order valence-corrected chi connectivity index (χ1v) is 9.21. The molecule has 27 heavy (non-hydrogen) atoms. The summed E-state index contributed by atoms with van der Waals surface area (Å²) in [5.41, 5.74) is 0.944. The van der Waals surface area contributed by atoms with Crippen molar-refractivity contribution in [3.63, 3.8) is 0 Å². The SMILES string of the molecule is CCN(C(=O)CSc1nc(C(F)(F)F)nc2ccccc12)c1ccccc1. The molecule has 0 N–H and O–H groups in total. The Labute approximate surface area is 158 Å². The second kappa shape index (κ2) is 7.96. The number of halogens is 3. The summed E-state index contributed by atoms with van der Waals surface area (Å²) in [5.74, 6) is -1.43. The maximum absolute atomic E-state index is 13.1. The zero-order chi connectivity index (χ0) is 19.4. The van der Waals surface area contributed by atoms with Gasteiger partial charge < -0.3 is 4.90 Å². The second-order valence-corrected chi connectivity index (χ2v) is 6.59. The van der Waals surface area contributed by atoms with E-state index >= 15 is 0 Å². The van der Waals surface area contributed by atoms with Crippen LogP contribution in [0.5, 0.6) is 0 Å². The number of aromatic nitrogens is 2. The van der Waals surface area contributed by atoms with Crippen LogP contribution >= 0.6 is 11.8 Å². The maximum atomic E-state index is 13.1. The van der Waals surface area contributed by atoms with Crippen LogP contribution in [0.25, 0.3) is 10.9 Å². The highest BCUT2D eigenvalue weighted by Gasteiger charge is 2.35. The molecule has 0 aliphatic heterocycles. The molecule has 0 saturated heterocycles. The minimum atomic E-state index is -4.65. The minimum absolute atomic E-state index is 0.0267. The Kier molecular flexibility index (Phi) is 5.65. The van der Waals surface area contributed by atoms with Gasteiger partial charge in [-0.15, -0.1) is 0 Å². The highest BCUT2D eigenvalue weighted by Crippen LogP contribution is 2.32. The van der Waals surface area contributed by atoms with E-state index in [4.69, 9.17) is 0 Å². The van der Waals surface area contributed by atoms with Crippen LogP contribution in [0, 0.1) is 0 Å². The number of alkyl halides is 3. The molecule has 1 aromatic heterocycles. The van der Waals surface area contributed by atoms with Gasteiger partial charge in [-0.2, -0.15) is 13.2 Å². The number of hydrogen-bond acceptors (Lipinski definition) is 4. The first-order chi connectivity index (χ1) is 12.9. The van der Waals surface area contributed by atoms with Gasteiger partial charge in [0.1, 0.15) is 5.03 Å². The largest absolute Gasteiger partial charge is 0.451 e. The minimum Gasteiger partial charge on any atom is -0.312 e. The topological polar surface area (TPSA) is 46.1 Å². The van der Waals surface area contributed by atoms with E-state index in [2.05, 4.69) is 9.97 Å². The molecule has 0 fully saturated rings. The molecule has 0 aliphatic carbocycles. The zero-order valence-electron chi connectivity index (χ0n) is 14.4. The number of amides is 1. The average molecular weight is 391 g/mol. The Morgan fingerprint density at radius 3 is 2.37 bits per heavy atom. The molecular weight excluding hydrogens is 375 g/mol. The number of fused-ring (bicyclic) bond motifs is 1. The summed E-state index contributed by atoms with van der Waals surface area (Å²) in [6.07, 6.45) is -4.65. The monoisotopic (exact) mass is 391 g/mol. The van der Waals surface area contributed by atoms with Gasteiger partial charge in [0, 0.05) is 17.6 Å². The number of rotatable bonds is 5. The van der Waals surface area contributed by atoms with Crippen molar-refractivity contribution < 1.29 is 18.0 Å². The fourth-order valence-corrected chi connectivity index (χ4v) is 3.50. The lowest BCUT2D eigenvalue weighted by Gasteiger charge is -2.21. The third-order valence-corrected chi connectivity index (χ3v) is 4.82. The summed E-state index contributed by atoms with van der Waals surface area (Å²) < 4.78 is 39.3. The van der Waals surface area contributed by atoms with Gasteiger partial charge in [0.05, 0.1) is 11.3 Å². The van der Waals surface area contributed by atoms with Gasteiger partial charge in [-0.1, -0.05) is 48.2 Å². The van der Waals surface area contributed by atoms with Gasteiger partial charge >= 0.3 is 6.18 Å². The Balaban J connectivity index is 1.87. The molecule has 0 unspecified atom stereocenters. The molecule has 0 aliphatic rings. The molecule has 3 aromatic rings. The van der Waals surface area contributed by atoms with Gasteiger partial charge in [-0.25, -0.2) is 9.97 Å². The van der Waals surface area contributed by atoms with E-state index in [1.165, 1.54) is 6.07 Å². The van der Waals surface area contributed by atoms with Crippen LogP contribution in [0.2, 0.25) is 0 Å². The quantitative estimate of drug-likeness (QED) is 0.463. The van der Waals surface area contributed by atoms with Crippen LogP contribution in [0.3, 0.4) is 0 Å². The van der Waals surface area contributed by atoms with Crippen LogP contribution < -0.4 is 4.90 Å². The number of carbonyl (C=O) groups is 1. The van der Waals surface area contributed by atoms with Crippen molar-refractivity contribution >= 4 is 34.3 Å². The molecule has 1 heterocycles. The predicted octanol–water partition coefficient (Wildman–Crippen LogP) is 4.79. The van der Waals surface area contributed by atoms with Crippen molar-refractivity contribution in [1.29, 1.82) is 0 Å². The molecule has 0 saturated carbocycles. The lowest BCUT2D eigenvalue weighted by Crippen LogP contribution is -2.32. The highest BCUT2D eigenvalue weighted by atomic mass is 32.2. The van der Waals surface area contributed by atoms with E-state index in [-0.39, 0.29) is 22.2 Å². The number of hydrogen-bond donors (Lipinski definition) is 0. The fraction of sp³-hybridized carbons (Fsp3) is 0.211. The molecule has 0 atom stereocenters. The van der Waals surface area contributed by atoms with Crippen molar-refractivity contribution in [2.45, 2.75) is 18.1 Å². The number of carbonyl (C=O) groups excluding carboxylic acids is 1. The lowest BCUT2D eigenvalue weighted by molar-refractivity contribution is -0.145. The number of thioether (sulfide) groups is 1. The van der Waals surface area contributed by atoms with E-state index in [0.29, 0.717) is 11.9 Å². The standard InChI is InChI=1S/C19H16F3N3OS/c1-2-25(13-8-4-3-5-9-13)16(26)12-27-17-14-10-6-7-11-15(14)23-18(24-17)19(20,21)22/h3-11H,2,12H2,1H3. The molecular formula is C19H16F3N3OS. The maximum Gasteiger partial charge on any atom is 0.451 e. The van der Waals surface area contributed by atoms with Gasteiger partial charge in [0.25, 0.3) is 0 Å². The van der Waals surface area contributed by atoms with E-state index in [9.17, 15) is 18.0 Å². The van der Waals surface area contributed by atoms with Crippen molar-refractivity contribution in [3.8, 4) is 0 Å². The summed E-state index contributed by atoms with van der Waals surface area (Å²) in [4.78, 5) is 21.4. The van der Waals surface area contributed by atoms with Gasteiger partial charge in [0.2, 0.25) is 11.7 Å². The lowest BCUT2D eigenvalue weighted by atomic mass is 10.2. The van der Waals surface area contributed by atoms with Gasteiger partial charge in [0.15, 0.2) is 0 Å². The van der Waals surface area contributed by atoms with Crippen LogP contribution in [0.4, 0.5) is 18.9 Å². The van der Waals surface area contributed by atoms with E-state index in [0.717, 1.165) is 17.4 Å². The molecule has 140 valence electrons. The Bertz CT molecular complexity index is 948. The van der Waals surface area contributed by atoms with E-state index in [1.807, 2.05) is 37.3 Å². The summed E-state index contributed by atoms with van der Waals surface area (Å²) in [6, 6.07) is 15.6. The van der Waals surface area contributed by atoms with Crippen molar-refractivity contribution in [3.05, 3.63) is 60.4 Å². The third kappa shape index (κ3) is 4.39. The van der Waals surface area contributed by atoms with Crippen LogP contribution in [0.15, 0.2) is 59.6 Å². The summed E-state index contributed by atoms with van der Waals surface area (Å²) >= 11 is 0.984. The number of benzene rings is 2. The molecule has 0 spiro atoms. The average Bonchev–Trinajstić information content (AvgIpc) is 2.66. The molecule has 4 nitrogen and oxygen atoms in total. The van der Waals surface area contributed by atoms with Crippen molar-refractivity contribution in [2.24, 2.45) is 0 Å². The van der Waals surface area contributed by atoms with Crippen LogP contribution in [-0.4, -0.2) is 28.2 Å². The van der Waals surface area contributed by atoms with E-state index in [1.54, 1.807) is 23.1 Å². The molecule has 2 aromatic carbocycles. The fourth-order valence-electron chi connectivity index (χ4n) is 2.60. The molecule has 1 amide bonds. The second-order valence-electron chi connectivity index (χ2n) is 5.63. The summed E-state index contributed by atoms with van der Waals surface area (Å²) in [7, 11) is 0. The van der Waals surface area contributed by atoms with Gasteiger partial charge in [-0.05, 0) is 25.1 Å². The zero-order valence-corrected chi connectivity index (χ0v) is 15.2. The highest BCUT2D eigenvalue weighted by molar-refractivity contribution is 8.00. The molecule has 3 rings (SSSR count). The van der Waals surface area contributed by atoms with Crippen molar-refractivity contribution in [1.82, 2.24) is 9.97 Å². The first kappa shape index (κ1) is 19.2. The Morgan fingerprint density at radius 1 is 1.04 bits per heavy atom. The summed E-state index contributed by atoms with van der Waals surface area (Å²) in [6.45, 7) is 2.30. The van der Waals surface area contributed by atoms with Crippen molar-refractivity contribution in [2.75, 3.05) is 17.2 Å². The number of nitrogens with zero attached hydrogens (tertiary/aromatic N) is 3. The number of anilines is 1. The Morgan fingerprint density at radius 2 is 1.70 bits per heavy atom. The third-order valence-electron chi connectivity index (χ3n) is 3.84. The first-order valence-electron chi connectivity index (χ1n) is 8.22. The Hall–Kier alpha value is -2.61. The number of para-hydroxylation sites is 2. The normalized spacial score (nSPS) is 11.6. The predicted molar refractivity (Wildman–Crippen MR) is 99.7 cm³/mol. The summed E-state index contributed by atoms with van der Waals surface area (Å²) in [5, 5.41) is 0.636. The molecule has 8 heteroatoms. The van der Waals surface area contributed by atoms with Crippen LogP contribution in [-0.2, 0) is 11.0 Å². The van der Waals surface area contributed by atoms with Crippen LogP contribution in [0.1, 0.15) is 12.7 Å². The molecule has 0 radical (unpaired) electrons. The van der Waals surface area contributed by atoms with Gasteiger partial charge in [-0.3, -0.25) is 4.79 Å².